The molecule has 0 aliphatic rings. The number of aryl methyl sites for hydroxylation is 1. The van der Waals surface area contributed by atoms with Crippen molar-refractivity contribution in [2.24, 2.45) is 0 Å². The molecule has 0 spiro atoms. The number of benzene rings is 2. The summed E-state index contributed by atoms with van der Waals surface area (Å²) in [6, 6.07) is 6.33. The van der Waals surface area contributed by atoms with E-state index in [0.717, 1.165) is 5.56 Å². The first kappa shape index (κ1) is 20.8. The van der Waals surface area contributed by atoms with Crippen molar-refractivity contribution >= 4 is 32.4 Å². The molecule has 29 heavy (non-hydrogen) atoms. The Labute approximate surface area is 165 Å². The van der Waals surface area contributed by atoms with Crippen molar-refractivity contribution in [1.29, 1.82) is 0 Å². The highest BCUT2D eigenvalue weighted by Gasteiger charge is 2.27. The van der Waals surface area contributed by atoms with E-state index in [1.54, 1.807) is 26.1 Å². The number of pyridine rings is 1. The smallest absolute Gasteiger partial charge is 0.232 e. The van der Waals surface area contributed by atoms with Crippen molar-refractivity contribution in [2.75, 3.05) is 10.5 Å². The highest BCUT2D eigenvalue weighted by molar-refractivity contribution is 7.92. The predicted octanol–water partition coefficient (Wildman–Crippen LogP) is 4.34. The molecule has 1 heterocycles. The third-order valence-electron chi connectivity index (χ3n) is 4.20. The average Bonchev–Trinajstić information content (AvgIpc) is 2.65. The Hall–Kier alpha value is -2.94. The summed E-state index contributed by atoms with van der Waals surface area (Å²) in [6.45, 7) is 3.38. The Bertz CT molecular complexity index is 1230. The van der Waals surface area contributed by atoms with Gasteiger partial charge < -0.3 is 0 Å². The number of ketones is 1. The van der Waals surface area contributed by atoms with E-state index in [1.165, 1.54) is 18.2 Å². The number of nitrogens with one attached hydrogen (secondary N) is 1. The van der Waals surface area contributed by atoms with Crippen molar-refractivity contribution in [3.8, 4) is 0 Å². The number of fused-ring (bicyclic) bond motifs is 1. The molecule has 2 aromatic carbocycles. The summed E-state index contributed by atoms with van der Waals surface area (Å²) in [4.78, 5) is 16.9. The number of sulfonamides is 1. The minimum absolute atomic E-state index is 0.0873. The number of halogens is 3. The molecule has 1 N–H and O–H groups in total. The van der Waals surface area contributed by atoms with Gasteiger partial charge in [0.1, 0.15) is 0 Å². The quantitative estimate of drug-likeness (QED) is 0.474. The number of aromatic nitrogens is 1. The fourth-order valence-corrected chi connectivity index (χ4v) is 4.02. The lowest BCUT2D eigenvalue weighted by molar-refractivity contribution is 0.103. The molecule has 3 rings (SSSR count). The van der Waals surface area contributed by atoms with E-state index < -0.39 is 44.5 Å². The molecule has 0 aliphatic heterocycles. The number of nitrogens with zero attached hydrogens (tertiary/aromatic N) is 1. The van der Waals surface area contributed by atoms with Crippen molar-refractivity contribution < 1.29 is 26.4 Å². The molecule has 9 heteroatoms. The second-order valence-electron chi connectivity index (χ2n) is 6.58. The van der Waals surface area contributed by atoms with Crippen molar-refractivity contribution in [3.05, 3.63) is 70.7 Å². The van der Waals surface area contributed by atoms with Crippen LogP contribution in [0.2, 0.25) is 0 Å². The van der Waals surface area contributed by atoms with Gasteiger partial charge in [-0.1, -0.05) is 6.92 Å². The van der Waals surface area contributed by atoms with E-state index >= 15 is 0 Å². The molecule has 0 amide bonds. The van der Waals surface area contributed by atoms with E-state index in [-0.39, 0.29) is 17.7 Å². The molecule has 0 unspecified atom stereocenters. The maximum Gasteiger partial charge on any atom is 0.232 e. The van der Waals surface area contributed by atoms with Crippen LogP contribution in [0.15, 0.2) is 36.5 Å². The molecule has 0 bridgehead atoms. The topological polar surface area (TPSA) is 76.1 Å². The molecule has 0 aliphatic carbocycles. The van der Waals surface area contributed by atoms with Gasteiger partial charge in [-0.05, 0) is 43.2 Å². The highest BCUT2D eigenvalue weighted by Crippen LogP contribution is 2.28. The van der Waals surface area contributed by atoms with Gasteiger partial charge in [-0.2, -0.15) is 0 Å². The van der Waals surface area contributed by atoms with E-state index in [9.17, 15) is 26.4 Å². The fraction of sp³-hybridized carbons (Fsp3) is 0.200. The summed E-state index contributed by atoms with van der Waals surface area (Å²) >= 11 is 0. The van der Waals surface area contributed by atoms with Crippen LogP contribution in [-0.4, -0.2) is 24.9 Å². The van der Waals surface area contributed by atoms with Gasteiger partial charge in [0.25, 0.3) is 0 Å². The van der Waals surface area contributed by atoms with Gasteiger partial charge in [0.15, 0.2) is 23.2 Å². The van der Waals surface area contributed by atoms with Gasteiger partial charge >= 0.3 is 0 Å². The van der Waals surface area contributed by atoms with Crippen LogP contribution in [0.1, 0.15) is 34.8 Å². The zero-order chi connectivity index (χ0) is 21.3. The van der Waals surface area contributed by atoms with Crippen LogP contribution in [-0.2, 0) is 10.0 Å². The third-order valence-corrected chi connectivity index (χ3v) is 5.68. The number of hydrogen-bond donors (Lipinski definition) is 1. The Kier molecular flexibility index (Phi) is 5.61. The summed E-state index contributed by atoms with van der Waals surface area (Å²) in [6.07, 6.45) is 1.86. The minimum atomic E-state index is -3.98. The first-order chi connectivity index (χ1) is 13.6. The Morgan fingerprint density at radius 3 is 2.52 bits per heavy atom. The molecule has 0 atom stereocenters. The largest absolute Gasteiger partial charge is 0.288 e. The zero-order valence-electron chi connectivity index (χ0n) is 15.6. The number of rotatable bonds is 6. The number of anilines is 1. The Morgan fingerprint density at radius 1 is 1.10 bits per heavy atom. The number of carbonyl (C=O) groups excluding carboxylic acids is 1. The van der Waals surface area contributed by atoms with E-state index in [4.69, 9.17) is 0 Å². The van der Waals surface area contributed by atoms with Gasteiger partial charge in [0.05, 0.1) is 22.5 Å². The van der Waals surface area contributed by atoms with Crippen molar-refractivity contribution in [2.45, 2.75) is 20.3 Å². The zero-order valence-corrected chi connectivity index (χ0v) is 16.4. The van der Waals surface area contributed by atoms with Crippen molar-refractivity contribution in [1.82, 2.24) is 4.98 Å². The molecule has 0 saturated carbocycles. The Balaban J connectivity index is 2.11. The molecule has 0 radical (unpaired) electrons. The molecule has 0 saturated heterocycles. The monoisotopic (exact) mass is 422 g/mol. The average molecular weight is 422 g/mol. The van der Waals surface area contributed by atoms with Gasteiger partial charge in [0.2, 0.25) is 10.0 Å². The normalized spacial score (nSPS) is 11.6. The van der Waals surface area contributed by atoms with Crippen LogP contribution >= 0.6 is 0 Å². The lowest BCUT2D eigenvalue weighted by Crippen LogP contribution is -2.19. The summed E-state index contributed by atoms with van der Waals surface area (Å²) in [5.41, 5.74) is -0.688. The second-order valence-corrected chi connectivity index (χ2v) is 8.42. The molecule has 1 aromatic heterocycles. The van der Waals surface area contributed by atoms with Crippen LogP contribution in [0.25, 0.3) is 10.9 Å². The molecular weight excluding hydrogens is 405 g/mol. The minimum Gasteiger partial charge on any atom is -0.288 e. The van der Waals surface area contributed by atoms with Crippen LogP contribution in [0.5, 0.6) is 0 Å². The van der Waals surface area contributed by atoms with E-state index in [2.05, 4.69) is 4.98 Å². The fourth-order valence-electron chi connectivity index (χ4n) is 2.89. The van der Waals surface area contributed by atoms with E-state index in [0.29, 0.717) is 17.0 Å². The number of carbonyl (C=O) groups is 1. The molecule has 0 fully saturated rings. The van der Waals surface area contributed by atoms with Crippen molar-refractivity contribution in [3.63, 3.8) is 0 Å². The maximum absolute atomic E-state index is 14.8. The summed E-state index contributed by atoms with van der Waals surface area (Å²) in [5.74, 6) is -6.16. The van der Waals surface area contributed by atoms with Gasteiger partial charge in [-0.25, -0.2) is 21.6 Å². The van der Waals surface area contributed by atoms with Gasteiger partial charge in [-0.15, -0.1) is 0 Å². The first-order valence-electron chi connectivity index (χ1n) is 8.72. The molecule has 5 nitrogen and oxygen atoms in total. The SMILES string of the molecule is CCCS(=O)(=O)Nc1cc(F)c(F)c(C(=O)c2ccc3ncc(C)cc3c2)c1F. The lowest BCUT2D eigenvalue weighted by atomic mass is 9.99. The summed E-state index contributed by atoms with van der Waals surface area (Å²) < 4.78 is 68.8. The number of hydrogen-bond acceptors (Lipinski definition) is 4. The standard InChI is InChI=1S/C20H17F3N2O3S/c1-3-6-29(27,28)25-16-9-14(21)18(22)17(19(16)23)20(26)12-4-5-15-13(8-12)7-11(2)10-24-15/h4-5,7-10,25H,3,6H2,1-2H3. The molecule has 152 valence electrons. The maximum atomic E-state index is 14.8. The van der Waals surface area contributed by atoms with E-state index in [1.807, 2.05) is 4.72 Å². The van der Waals surface area contributed by atoms with Gasteiger partial charge in [0, 0.05) is 23.2 Å². The predicted molar refractivity (Wildman–Crippen MR) is 104 cm³/mol. The van der Waals surface area contributed by atoms with Crippen LogP contribution in [0.3, 0.4) is 0 Å². The van der Waals surface area contributed by atoms with Crippen LogP contribution < -0.4 is 4.72 Å². The third kappa shape index (κ3) is 4.24. The second kappa shape index (κ2) is 7.82. The summed E-state index contributed by atoms with van der Waals surface area (Å²) in [5, 5.41) is 0.567. The first-order valence-corrected chi connectivity index (χ1v) is 10.4. The van der Waals surface area contributed by atoms with Gasteiger partial charge in [-0.3, -0.25) is 14.5 Å². The lowest BCUT2D eigenvalue weighted by Gasteiger charge is -2.12. The highest BCUT2D eigenvalue weighted by atomic mass is 32.2. The van der Waals surface area contributed by atoms with Crippen LogP contribution in [0.4, 0.5) is 18.9 Å². The molecule has 3 aromatic rings. The summed E-state index contributed by atoms with van der Waals surface area (Å²) in [7, 11) is -3.98. The van der Waals surface area contributed by atoms with Crippen LogP contribution in [0, 0.1) is 24.4 Å². The molecular formula is C20H17F3N2O3S. The Morgan fingerprint density at radius 2 is 1.83 bits per heavy atom.